The number of nitrogens with two attached hydrogens (primary N) is 1. The molecule has 2 N–H and O–H groups in total. The van der Waals surface area contributed by atoms with Crippen molar-refractivity contribution in [3.8, 4) is 0 Å². The van der Waals surface area contributed by atoms with Gasteiger partial charge in [0, 0.05) is 43.5 Å². The van der Waals surface area contributed by atoms with E-state index in [0.29, 0.717) is 18.9 Å². The van der Waals surface area contributed by atoms with Crippen molar-refractivity contribution < 1.29 is 13.2 Å². The monoisotopic (exact) mass is 310 g/mol. The highest BCUT2D eigenvalue weighted by molar-refractivity contribution is 8.01. The van der Waals surface area contributed by atoms with Gasteiger partial charge in [0.15, 0.2) is 9.84 Å². The molecular weight excluding hydrogens is 284 g/mol. The van der Waals surface area contributed by atoms with Crippen LogP contribution in [-0.2, 0) is 14.6 Å². The lowest BCUT2D eigenvalue weighted by atomic mass is 10.0. The van der Waals surface area contributed by atoms with E-state index in [1.54, 1.807) is 25.8 Å². The zero-order valence-electron chi connectivity index (χ0n) is 12.0. The summed E-state index contributed by atoms with van der Waals surface area (Å²) in [5.74, 6) is 2.02. The summed E-state index contributed by atoms with van der Waals surface area (Å²) in [5, 5.41) is -0.399. The number of hydrogen-bond acceptors (Lipinski definition) is 6. The summed E-state index contributed by atoms with van der Waals surface area (Å²) in [6, 6.07) is 0.0622. The molecule has 0 spiro atoms. The first kappa shape index (κ1) is 17.2. The lowest BCUT2D eigenvalue weighted by Gasteiger charge is -2.42. The van der Waals surface area contributed by atoms with E-state index in [1.165, 1.54) is 0 Å². The SMILES string of the molecule is CCS(=O)(=O)C1CSCCN1C(CN)C(C)COC. The van der Waals surface area contributed by atoms with E-state index in [4.69, 9.17) is 10.5 Å². The molecule has 3 atom stereocenters. The number of nitrogens with zero attached hydrogens (tertiary/aromatic N) is 1. The molecule has 1 fully saturated rings. The van der Waals surface area contributed by atoms with Crippen LogP contribution in [-0.4, -0.2) is 68.8 Å². The lowest BCUT2D eigenvalue weighted by Crippen LogP contribution is -2.57. The maximum atomic E-state index is 12.2. The van der Waals surface area contributed by atoms with Crippen molar-refractivity contribution >= 4 is 21.6 Å². The van der Waals surface area contributed by atoms with Gasteiger partial charge in [-0.25, -0.2) is 8.42 Å². The minimum Gasteiger partial charge on any atom is -0.384 e. The van der Waals surface area contributed by atoms with Crippen LogP contribution in [0.4, 0.5) is 0 Å². The van der Waals surface area contributed by atoms with E-state index in [2.05, 4.69) is 11.8 Å². The molecule has 0 aliphatic carbocycles. The number of rotatable bonds is 7. The van der Waals surface area contributed by atoms with Crippen LogP contribution >= 0.6 is 11.8 Å². The predicted octanol–water partition coefficient (Wildman–Crippen LogP) is 0.406. The Labute approximate surface area is 121 Å². The minimum absolute atomic E-state index is 0.0622. The van der Waals surface area contributed by atoms with Crippen LogP contribution in [0.5, 0.6) is 0 Å². The molecule has 0 radical (unpaired) electrons. The van der Waals surface area contributed by atoms with Crippen LogP contribution in [0.15, 0.2) is 0 Å². The molecule has 19 heavy (non-hydrogen) atoms. The maximum Gasteiger partial charge on any atom is 0.166 e. The Morgan fingerprint density at radius 3 is 2.74 bits per heavy atom. The number of hydrogen-bond donors (Lipinski definition) is 1. The Balaban J connectivity index is 2.91. The van der Waals surface area contributed by atoms with Gasteiger partial charge in [0.2, 0.25) is 0 Å². The second kappa shape index (κ2) is 7.83. The van der Waals surface area contributed by atoms with Gasteiger partial charge in [0.25, 0.3) is 0 Å². The first-order valence-corrected chi connectivity index (χ1v) is 9.59. The van der Waals surface area contributed by atoms with Gasteiger partial charge in [-0.05, 0) is 5.92 Å². The van der Waals surface area contributed by atoms with Gasteiger partial charge < -0.3 is 10.5 Å². The van der Waals surface area contributed by atoms with Crippen molar-refractivity contribution in [1.82, 2.24) is 4.90 Å². The van der Waals surface area contributed by atoms with Crippen LogP contribution in [0.1, 0.15) is 13.8 Å². The van der Waals surface area contributed by atoms with Gasteiger partial charge in [-0.15, -0.1) is 0 Å². The first-order valence-electron chi connectivity index (χ1n) is 6.72. The smallest absolute Gasteiger partial charge is 0.166 e. The summed E-state index contributed by atoms with van der Waals surface area (Å²) >= 11 is 1.71. The zero-order chi connectivity index (χ0) is 14.5. The molecule has 0 aromatic rings. The third kappa shape index (κ3) is 4.32. The Bertz CT molecular complexity index is 362. The molecule has 0 saturated carbocycles. The molecule has 1 aliphatic heterocycles. The molecule has 114 valence electrons. The van der Waals surface area contributed by atoms with E-state index in [-0.39, 0.29) is 17.7 Å². The molecule has 0 aromatic carbocycles. The molecule has 1 aliphatic rings. The van der Waals surface area contributed by atoms with E-state index in [9.17, 15) is 8.42 Å². The molecular formula is C12H26N2O3S2. The van der Waals surface area contributed by atoms with Crippen molar-refractivity contribution in [1.29, 1.82) is 0 Å². The highest BCUT2D eigenvalue weighted by atomic mass is 32.2. The standard InChI is InChI=1S/C12H26N2O3S2/c1-4-19(15,16)12-9-18-6-5-14(12)11(7-13)10(2)8-17-3/h10-12H,4-9,13H2,1-3H3. The first-order chi connectivity index (χ1) is 8.97. The second-order valence-corrected chi connectivity index (χ2v) is 8.55. The molecule has 3 unspecified atom stereocenters. The zero-order valence-corrected chi connectivity index (χ0v) is 13.7. The molecule has 7 heteroatoms. The summed E-state index contributed by atoms with van der Waals surface area (Å²) in [6.45, 7) is 5.63. The number of sulfone groups is 1. The quantitative estimate of drug-likeness (QED) is 0.734. The highest BCUT2D eigenvalue weighted by Crippen LogP contribution is 2.26. The average Bonchev–Trinajstić information content (AvgIpc) is 2.40. The molecule has 1 saturated heterocycles. The summed E-state index contributed by atoms with van der Waals surface area (Å²) < 4.78 is 29.7. The highest BCUT2D eigenvalue weighted by Gasteiger charge is 2.38. The van der Waals surface area contributed by atoms with Crippen molar-refractivity contribution in [3.63, 3.8) is 0 Å². The Hall–Kier alpha value is 0.180. The lowest BCUT2D eigenvalue weighted by molar-refractivity contribution is 0.0827. The molecule has 1 rings (SSSR count). The van der Waals surface area contributed by atoms with E-state index >= 15 is 0 Å². The summed E-state index contributed by atoms with van der Waals surface area (Å²) in [4.78, 5) is 2.08. The fraction of sp³-hybridized carbons (Fsp3) is 1.00. The van der Waals surface area contributed by atoms with Gasteiger partial charge >= 0.3 is 0 Å². The van der Waals surface area contributed by atoms with Gasteiger partial charge in [-0.1, -0.05) is 13.8 Å². The average molecular weight is 310 g/mol. The molecule has 0 bridgehead atoms. The Morgan fingerprint density at radius 1 is 1.53 bits per heavy atom. The fourth-order valence-electron chi connectivity index (χ4n) is 2.54. The third-order valence-electron chi connectivity index (χ3n) is 3.69. The number of thioether (sulfide) groups is 1. The summed E-state index contributed by atoms with van der Waals surface area (Å²) in [7, 11) is -1.40. The van der Waals surface area contributed by atoms with Gasteiger partial charge in [-0.3, -0.25) is 4.90 Å². The largest absolute Gasteiger partial charge is 0.384 e. The normalized spacial score (nSPS) is 25.2. The molecule has 0 amide bonds. The summed E-state index contributed by atoms with van der Waals surface area (Å²) in [5.41, 5.74) is 5.88. The third-order valence-corrected chi connectivity index (χ3v) is 7.00. The van der Waals surface area contributed by atoms with Crippen LogP contribution < -0.4 is 5.73 Å². The summed E-state index contributed by atoms with van der Waals surface area (Å²) in [6.07, 6.45) is 0. The fourth-order valence-corrected chi connectivity index (χ4v) is 5.62. The maximum absolute atomic E-state index is 12.2. The van der Waals surface area contributed by atoms with Gasteiger partial charge in [-0.2, -0.15) is 11.8 Å². The topological polar surface area (TPSA) is 72.6 Å². The van der Waals surface area contributed by atoms with Crippen LogP contribution in [0.25, 0.3) is 0 Å². The second-order valence-electron chi connectivity index (χ2n) is 4.95. The van der Waals surface area contributed by atoms with E-state index in [1.807, 2.05) is 0 Å². The Kier molecular flexibility index (Phi) is 7.10. The molecule has 0 aromatic heterocycles. The predicted molar refractivity (Wildman–Crippen MR) is 81.2 cm³/mol. The molecule has 1 heterocycles. The number of ether oxygens (including phenoxy) is 1. The molecule has 5 nitrogen and oxygen atoms in total. The van der Waals surface area contributed by atoms with Gasteiger partial charge in [0.05, 0.1) is 6.61 Å². The van der Waals surface area contributed by atoms with Crippen LogP contribution in [0, 0.1) is 5.92 Å². The van der Waals surface area contributed by atoms with E-state index in [0.717, 1.165) is 12.3 Å². The Morgan fingerprint density at radius 2 is 2.21 bits per heavy atom. The minimum atomic E-state index is -3.07. The number of methoxy groups -OCH3 is 1. The van der Waals surface area contributed by atoms with Crippen molar-refractivity contribution in [3.05, 3.63) is 0 Å². The van der Waals surface area contributed by atoms with Crippen molar-refractivity contribution in [2.24, 2.45) is 11.7 Å². The van der Waals surface area contributed by atoms with Crippen LogP contribution in [0.3, 0.4) is 0 Å². The van der Waals surface area contributed by atoms with Crippen molar-refractivity contribution in [2.75, 3.05) is 44.1 Å². The van der Waals surface area contributed by atoms with E-state index < -0.39 is 15.2 Å². The van der Waals surface area contributed by atoms with Crippen molar-refractivity contribution in [2.45, 2.75) is 25.3 Å². The van der Waals surface area contributed by atoms with Crippen LogP contribution in [0.2, 0.25) is 0 Å². The van der Waals surface area contributed by atoms with Gasteiger partial charge in [0.1, 0.15) is 5.37 Å².